The highest BCUT2D eigenvalue weighted by atomic mass is 35.5. The number of nitriles is 1. The topological polar surface area (TPSA) is 103 Å². The van der Waals surface area contributed by atoms with Crippen molar-refractivity contribution in [3.63, 3.8) is 0 Å². The van der Waals surface area contributed by atoms with Crippen molar-refractivity contribution in [3.05, 3.63) is 76.5 Å². The first kappa shape index (κ1) is 23.4. The molecule has 2 aromatic carbocycles. The van der Waals surface area contributed by atoms with Gasteiger partial charge in [-0.3, -0.25) is 4.98 Å². The van der Waals surface area contributed by atoms with Crippen LogP contribution in [0.25, 0.3) is 10.9 Å². The fourth-order valence-corrected chi connectivity index (χ4v) is 5.19. The van der Waals surface area contributed by atoms with E-state index in [0.29, 0.717) is 56.2 Å². The lowest BCUT2D eigenvalue weighted by Crippen LogP contribution is -2.35. The Balaban J connectivity index is 1.40. The van der Waals surface area contributed by atoms with Crippen molar-refractivity contribution in [2.24, 2.45) is 0 Å². The second-order valence-electron chi connectivity index (χ2n) is 9.94. The third kappa shape index (κ3) is 5.15. The van der Waals surface area contributed by atoms with Gasteiger partial charge in [0.1, 0.15) is 17.6 Å². The summed E-state index contributed by atoms with van der Waals surface area (Å²) in [4.78, 5) is 4.44. The average Bonchev–Trinajstić information content (AvgIpc) is 3.68. The molecule has 2 saturated carbocycles. The van der Waals surface area contributed by atoms with E-state index in [1.165, 1.54) is 37.6 Å². The number of benzene rings is 2. The molecule has 3 N–H and O–H groups in total. The molecule has 0 spiro atoms. The molecule has 0 amide bonds. The molecule has 2 aromatic heterocycles. The first-order valence-electron chi connectivity index (χ1n) is 13.4. The number of aromatic nitrogens is 4. The molecule has 0 saturated heterocycles. The summed E-state index contributed by atoms with van der Waals surface area (Å²) >= 11 is 6.70. The molecular weight excluding hydrogens is 503 g/mol. The second kappa shape index (κ2) is 10.6. The van der Waals surface area contributed by atoms with Crippen LogP contribution in [0.4, 0.5) is 15.8 Å². The maximum atomic E-state index is 13.8. The molecular formula is C28H28ClFN8. The fourth-order valence-electron chi connectivity index (χ4n) is 4.93. The zero-order valence-corrected chi connectivity index (χ0v) is 21.5. The Hall–Kier alpha value is -3.74. The molecule has 10 heteroatoms. The Labute approximate surface area is 226 Å². The molecule has 1 unspecified atom stereocenters. The van der Waals surface area contributed by atoms with Crippen LogP contribution in [0.3, 0.4) is 0 Å². The number of anilines is 2. The Bertz CT molecular complexity index is 1540. The van der Waals surface area contributed by atoms with Crippen molar-refractivity contribution in [1.29, 1.82) is 5.26 Å². The maximum absolute atomic E-state index is 13.8. The number of hydrogen-bond donors (Lipinski definition) is 3. The number of halogens is 2. The van der Waals surface area contributed by atoms with Gasteiger partial charge in [-0.15, -0.1) is 5.10 Å². The maximum Gasteiger partial charge on any atom is 0.123 e. The van der Waals surface area contributed by atoms with Gasteiger partial charge in [-0.25, -0.2) is 14.5 Å². The van der Waals surface area contributed by atoms with E-state index >= 15 is 0 Å². The lowest BCUT2D eigenvalue weighted by Gasteiger charge is -2.24. The molecule has 38 heavy (non-hydrogen) atoms. The van der Waals surface area contributed by atoms with Crippen molar-refractivity contribution in [2.75, 3.05) is 10.7 Å². The van der Waals surface area contributed by atoms with Gasteiger partial charge in [-0.1, -0.05) is 48.2 Å². The summed E-state index contributed by atoms with van der Waals surface area (Å²) in [6, 6.07) is 10.5. The Morgan fingerprint density at radius 3 is 2.66 bits per heavy atom. The van der Waals surface area contributed by atoms with E-state index in [0.717, 1.165) is 25.7 Å². The van der Waals surface area contributed by atoms with Crippen LogP contribution in [-0.2, 0) is 0 Å². The minimum Gasteiger partial charge on any atom is -0.373 e. The van der Waals surface area contributed by atoms with Crippen LogP contribution in [0, 0.1) is 17.1 Å². The molecule has 6 rings (SSSR count). The highest BCUT2D eigenvalue weighted by Crippen LogP contribution is 2.37. The van der Waals surface area contributed by atoms with Gasteiger partial charge in [-0.05, 0) is 55.5 Å². The van der Waals surface area contributed by atoms with E-state index in [1.54, 1.807) is 29.1 Å². The Morgan fingerprint density at radius 2 is 1.92 bits per heavy atom. The van der Waals surface area contributed by atoms with E-state index in [2.05, 4.69) is 37.5 Å². The molecule has 2 aliphatic carbocycles. The van der Waals surface area contributed by atoms with Crippen molar-refractivity contribution in [1.82, 2.24) is 25.4 Å². The molecule has 4 aromatic rings. The third-order valence-corrected chi connectivity index (χ3v) is 7.43. The number of hydrazine groups is 1. The molecule has 2 aliphatic rings. The number of nitrogens with one attached hydrogen (secondary N) is 3. The van der Waals surface area contributed by atoms with Gasteiger partial charge < -0.3 is 10.7 Å². The molecule has 0 radical (unpaired) electrons. The van der Waals surface area contributed by atoms with Crippen LogP contribution in [0.15, 0.2) is 48.8 Å². The van der Waals surface area contributed by atoms with Crippen molar-refractivity contribution in [3.8, 4) is 6.07 Å². The Morgan fingerprint density at radius 1 is 1.13 bits per heavy atom. The molecule has 2 fully saturated rings. The van der Waals surface area contributed by atoms with E-state index < -0.39 is 11.8 Å². The smallest absolute Gasteiger partial charge is 0.123 e. The van der Waals surface area contributed by atoms with Crippen molar-refractivity contribution < 1.29 is 5.76 Å². The quantitative estimate of drug-likeness (QED) is 0.230. The zero-order valence-electron chi connectivity index (χ0n) is 21.7. The summed E-state index contributed by atoms with van der Waals surface area (Å²) in [6.45, 7) is 0. The Kier molecular flexibility index (Phi) is 6.50. The van der Waals surface area contributed by atoms with Crippen molar-refractivity contribution in [2.45, 2.75) is 63.0 Å². The van der Waals surface area contributed by atoms with E-state index in [-0.39, 0.29) is 0 Å². The molecule has 2 heterocycles. The van der Waals surface area contributed by atoms with Gasteiger partial charge in [-0.2, -0.15) is 5.26 Å². The van der Waals surface area contributed by atoms with Gasteiger partial charge in [0, 0.05) is 23.3 Å². The van der Waals surface area contributed by atoms with Gasteiger partial charge in [0.05, 0.1) is 41.4 Å². The molecule has 194 valence electrons. The molecule has 1 atom stereocenters. The predicted octanol–water partition coefficient (Wildman–Crippen LogP) is 6.28. The monoisotopic (exact) mass is 531 g/mol. The van der Waals surface area contributed by atoms with Crippen LogP contribution < -0.4 is 16.2 Å². The first-order valence-corrected chi connectivity index (χ1v) is 13.3. The van der Waals surface area contributed by atoms with E-state index in [9.17, 15) is 11.0 Å². The summed E-state index contributed by atoms with van der Waals surface area (Å²) in [5.41, 5.74) is 9.53. The highest BCUT2D eigenvalue weighted by Gasteiger charge is 2.27. The second-order valence-corrected chi connectivity index (χ2v) is 10.3. The van der Waals surface area contributed by atoms with E-state index in [1.807, 2.05) is 6.07 Å². The lowest BCUT2D eigenvalue weighted by atomic mass is 9.96. The summed E-state index contributed by atoms with van der Waals surface area (Å²) in [6.07, 6.45) is 11.0. The third-order valence-electron chi connectivity index (χ3n) is 7.14. The highest BCUT2D eigenvalue weighted by molar-refractivity contribution is 6.35. The molecule has 0 bridgehead atoms. The summed E-state index contributed by atoms with van der Waals surface area (Å²) in [5, 5.41) is 22.7. The average molecular weight is 532 g/mol. The van der Waals surface area contributed by atoms with Gasteiger partial charge in [0.2, 0.25) is 0 Å². The van der Waals surface area contributed by atoms with Crippen LogP contribution in [-0.4, -0.2) is 26.0 Å². The van der Waals surface area contributed by atoms with Gasteiger partial charge >= 0.3 is 0 Å². The van der Waals surface area contributed by atoms with Crippen LogP contribution in [0.1, 0.15) is 75.2 Å². The fraction of sp³-hybridized carbons (Fsp3) is 0.357. The number of nitrogens with zero attached hydrogens (tertiary/aromatic N) is 5. The number of fused-ring (bicyclic) bond motifs is 1. The molecule has 0 aliphatic heterocycles. The van der Waals surface area contributed by atoms with Crippen LogP contribution in [0.2, 0.25) is 5.02 Å². The normalized spacial score (nSPS) is 18.0. The predicted molar refractivity (Wildman–Crippen MR) is 145 cm³/mol. The van der Waals surface area contributed by atoms with Crippen LogP contribution >= 0.6 is 11.6 Å². The largest absolute Gasteiger partial charge is 0.373 e. The van der Waals surface area contributed by atoms with Gasteiger partial charge in [0.25, 0.3) is 0 Å². The first-order chi connectivity index (χ1) is 18.9. The van der Waals surface area contributed by atoms with Gasteiger partial charge in [0.15, 0.2) is 0 Å². The number of rotatable bonds is 8. The molecule has 8 nitrogen and oxygen atoms in total. The lowest BCUT2D eigenvalue weighted by molar-refractivity contribution is 0.393. The minimum atomic E-state index is -1.59. The van der Waals surface area contributed by atoms with Crippen LogP contribution in [0.5, 0.6) is 0 Å². The number of pyridine rings is 1. The zero-order chi connectivity index (χ0) is 27.0. The standard InChI is InChI=1S/C28H28ClFN8/c29-24-13-21(12-23-26(18(14-31)15-32-28(23)24)36-34-20-4-2-1-3-5-20)33-27(17-6-8-19(30)9-7-17)25-16-38(37-35-25)22-10-11-22/h6-9,12-13,15-16,20,22,27,33-34H,1-5,10-11H2,(H,32,36)/i27D. The summed E-state index contributed by atoms with van der Waals surface area (Å²) in [7, 11) is 0. The summed E-state index contributed by atoms with van der Waals surface area (Å²) < 4.78 is 25.1. The number of hydrogen-bond acceptors (Lipinski definition) is 7. The summed E-state index contributed by atoms with van der Waals surface area (Å²) in [5.74, 6) is -0.396. The SMILES string of the molecule is [2H]C(Nc1cc(Cl)c2ncc(C#N)c(NNC3CCCCC3)c2c1)(c1ccc(F)cc1)c1cn(C2CC2)nn1. The van der Waals surface area contributed by atoms with E-state index in [4.69, 9.17) is 11.6 Å². The van der Waals surface area contributed by atoms with Crippen molar-refractivity contribution >= 4 is 33.9 Å². The minimum absolute atomic E-state index is 0.291.